The maximum absolute atomic E-state index is 12.4. The molecule has 1 aromatic rings. The van der Waals surface area contributed by atoms with Crippen LogP contribution in [0.4, 0.5) is 10.5 Å². The maximum Gasteiger partial charge on any atom is 0.322 e. The van der Waals surface area contributed by atoms with Crippen LogP contribution in [-0.2, 0) is 16.0 Å². The van der Waals surface area contributed by atoms with Gasteiger partial charge in [-0.15, -0.1) is 0 Å². The minimum Gasteiger partial charge on any atom is -0.326 e. The second kappa shape index (κ2) is 5.20. The van der Waals surface area contributed by atoms with E-state index in [9.17, 15) is 14.4 Å². The predicted molar refractivity (Wildman–Crippen MR) is 76.8 cm³/mol. The number of amides is 4. The predicted octanol–water partition coefficient (Wildman–Crippen LogP) is 0.952. The number of fused-ring (bicyclic) bond motifs is 1. The Morgan fingerprint density at radius 1 is 1.33 bits per heavy atom. The Balaban J connectivity index is 1.66. The molecule has 6 heteroatoms. The molecule has 2 aliphatic rings. The van der Waals surface area contributed by atoms with Crippen LogP contribution in [0, 0.1) is 0 Å². The van der Waals surface area contributed by atoms with E-state index < -0.39 is 12.1 Å². The molecule has 2 unspecified atom stereocenters. The molecule has 6 nitrogen and oxygen atoms in total. The number of nitrogens with one attached hydrogen (secondary N) is 2. The van der Waals surface area contributed by atoms with E-state index in [0.29, 0.717) is 6.42 Å². The van der Waals surface area contributed by atoms with Gasteiger partial charge in [0.15, 0.2) is 0 Å². The van der Waals surface area contributed by atoms with Gasteiger partial charge in [-0.3, -0.25) is 14.9 Å². The second-order valence-corrected chi connectivity index (χ2v) is 5.50. The molecule has 0 saturated carbocycles. The van der Waals surface area contributed by atoms with Gasteiger partial charge in [-0.25, -0.2) is 4.79 Å². The first-order valence-corrected chi connectivity index (χ1v) is 7.07. The van der Waals surface area contributed by atoms with E-state index in [-0.39, 0.29) is 24.3 Å². The van der Waals surface area contributed by atoms with Crippen molar-refractivity contribution in [2.75, 3.05) is 4.90 Å². The molecule has 0 aliphatic carbocycles. The number of carbonyl (C=O) groups excluding carboxylic acids is 3. The fraction of sp³-hybridized carbons (Fsp3) is 0.400. The zero-order valence-corrected chi connectivity index (χ0v) is 11.8. The van der Waals surface area contributed by atoms with E-state index >= 15 is 0 Å². The molecule has 4 amide bonds. The molecular weight excluding hydrogens is 270 g/mol. The van der Waals surface area contributed by atoms with E-state index in [0.717, 1.165) is 12.1 Å². The first-order valence-electron chi connectivity index (χ1n) is 7.07. The van der Waals surface area contributed by atoms with E-state index in [4.69, 9.17) is 0 Å². The van der Waals surface area contributed by atoms with Gasteiger partial charge in [-0.1, -0.05) is 18.2 Å². The molecule has 3 rings (SSSR count). The van der Waals surface area contributed by atoms with E-state index in [1.54, 1.807) is 4.90 Å². The molecule has 0 bridgehead atoms. The van der Waals surface area contributed by atoms with Crippen molar-refractivity contribution in [2.24, 2.45) is 0 Å². The van der Waals surface area contributed by atoms with E-state index in [1.165, 1.54) is 5.56 Å². The monoisotopic (exact) mass is 287 g/mol. The number of imide groups is 1. The van der Waals surface area contributed by atoms with E-state index in [1.807, 2.05) is 31.2 Å². The Labute approximate surface area is 122 Å². The van der Waals surface area contributed by atoms with Crippen molar-refractivity contribution in [2.45, 2.75) is 38.3 Å². The topological polar surface area (TPSA) is 78.5 Å². The Bertz CT molecular complexity index is 614. The van der Waals surface area contributed by atoms with Gasteiger partial charge in [0.1, 0.15) is 6.04 Å². The van der Waals surface area contributed by atoms with Crippen molar-refractivity contribution in [3.63, 3.8) is 0 Å². The van der Waals surface area contributed by atoms with Crippen LogP contribution in [0.1, 0.15) is 25.3 Å². The van der Waals surface area contributed by atoms with Crippen LogP contribution < -0.4 is 15.5 Å². The van der Waals surface area contributed by atoms with Crippen LogP contribution in [0.5, 0.6) is 0 Å². The van der Waals surface area contributed by atoms with Gasteiger partial charge in [0.05, 0.1) is 0 Å². The lowest BCUT2D eigenvalue weighted by Gasteiger charge is -2.23. The highest BCUT2D eigenvalue weighted by Gasteiger charge is 2.33. The number of para-hydroxylation sites is 1. The molecule has 1 saturated heterocycles. The number of anilines is 1. The van der Waals surface area contributed by atoms with Gasteiger partial charge in [0.2, 0.25) is 5.91 Å². The normalized spacial score (nSPS) is 23.8. The quantitative estimate of drug-likeness (QED) is 0.813. The van der Waals surface area contributed by atoms with E-state index in [2.05, 4.69) is 10.6 Å². The van der Waals surface area contributed by atoms with Crippen LogP contribution in [0.15, 0.2) is 24.3 Å². The Morgan fingerprint density at radius 2 is 2.10 bits per heavy atom. The van der Waals surface area contributed by atoms with Crippen LogP contribution in [0.25, 0.3) is 0 Å². The van der Waals surface area contributed by atoms with Crippen LogP contribution in [0.2, 0.25) is 0 Å². The number of rotatable bonds is 3. The van der Waals surface area contributed by atoms with Gasteiger partial charge in [-0.2, -0.15) is 0 Å². The molecule has 0 spiro atoms. The SMILES string of the molecule is CC1Cc2ccccc2N1C(=O)CCC1NC(=O)NC1=O. The largest absolute Gasteiger partial charge is 0.326 e. The lowest BCUT2D eigenvalue weighted by molar-refractivity contribution is -0.121. The average Bonchev–Trinajstić information content (AvgIpc) is 2.94. The summed E-state index contributed by atoms with van der Waals surface area (Å²) in [5.41, 5.74) is 2.13. The lowest BCUT2D eigenvalue weighted by atomic mass is 10.1. The number of nitrogens with zero attached hydrogens (tertiary/aromatic N) is 1. The summed E-state index contributed by atoms with van der Waals surface area (Å²) in [7, 11) is 0. The highest BCUT2D eigenvalue weighted by Crippen LogP contribution is 2.32. The lowest BCUT2D eigenvalue weighted by Crippen LogP contribution is -2.37. The third-order valence-corrected chi connectivity index (χ3v) is 3.98. The number of benzene rings is 1. The first kappa shape index (κ1) is 13.6. The summed E-state index contributed by atoms with van der Waals surface area (Å²) in [6.07, 6.45) is 1.40. The molecule has 1 fully saturated rings. The standard InChI is InChI=1S/C15H17N3O3/c1-9-8-10-4-2-3-5-12(10)18(9)13(19)7-6-11-14(20)17-15(21)16-11/h2-5,9,11H,6-8H2,1H3,(H2,16,17,20,21). The van der Waals surface area contributed by atoms with Crippen molar-refractivity contribution in [1.29, 1.82) is 0 Å². The fourth-order valence-corrected chi connectivity index (χ4v) is 3.00. The third kappa shape index (κ3) is 2.49. The van der Waals surface area contributed by atoms with Gasteiger partial charge in [-0.05, 0) is 31.4 Å². The van der Waals surface area contributed by atoms with Crippen molar-refractivity contribution in [3.8, 4) is 0 Å². The summed E-state index contributed by atoms with van der Waals surface area (Å²) in [4.78, 5) is 36.7. The minimum absolute atomic E-state index is 0.0126. The summed E-state index contributed by atoms with van der Waals surface area (Å²) < 4.78 is 0. The molecule has 21 heavy (non-hydrogen) atoms. The average molecular weight is 287 g/mol. The summed E-state index contributed by atoms with van der Waals surface area (Å²) in [5.74, 6) is -0.371. The Kier molecular flexibility index (Phi) is 3.37. The number of hydrogen-bond acceptors (Lipinski definition) is 3. The van der Waals surface area contributed by atoms with Gasteiger partial charge >= 0.3 is 6.03 Å². The molecule has 1 aromatic carbocycles. The third-order valence-electron chi connectivity index (χ3n) is 3.98. The zero-order chi connectivity index (χ0) is 15.0. The van der Waals surface area contributed by atoms with Gasteiger partial charge in [0.25, 0.3) is 5.91 Å². The summed E-state index contributed by atoms with van der Waals surface area (Å²) >= 11 is 0. The zero-order valence-electron chi connectivity index (χ0n) is 11.8. The summed E-state index contributed by atoms with van der Waals surface area (Å²) in [5, 5.41) is 4.68. The molecule has 0 aromatic heterocycles. The summed E-state index contributed by atoms with van der Waals surface area (Å²) in [6, 6.07) is 6.90. The molecule has 2 atom stereocenters. The van der Waals surface area contributed by atoms with Crippen LogP contribution >= 0.6 is 0 Å². The first-order chi connectivity index (χ1) is 10.1. The molecule has 2 N–H and O–H groups in total. The van der Waals surface area contributed by atoms with Gasteiger partial charge in [0, 0.05) is 18.2 Å². The molecule has 2 heterocycles. The molecule has 0 radical (unpaired) electrons. The van der Waals surface area contributed by atoms with Crippen molar-refractivity contribution in [3.05, 3.63) is 29.8 Å². The van der Waals surface area contributed by atoms with Crippen molar-refractivity contribution in [1.82, 2.24) is 10.6 Å². The van der Waals surface area contributed by atoms with Crippen LogP contribution in [0.3, 0.4) is 0 Å². The fourth-order valence-electron chi connectivity index (χ4n) is 3.00. The Morgan fingerprint density at radius 3 is 2.81 bits per heavy atom. The Hall–Kier alpha value is -2.37. The van der Waals surface area contributed by atoms with Crippen LogP contribution in [-0.4, -0.2) is 29.9 Å². The second-order valence-electron chi connectivity index (χ2n) is 5.50. The van der Waals surface area contributed by atoms with Crippen molar-refractivity contribution >= 4 is 23.5 Å². The number of urea groups is 1. The maximum atomic E-state index is 12.4. The minimum atomic E-state index is -0.602. The molecule has 110 valence electrons. The highest BCUT2D eigenvalue weighted by molar-refractivity contribution is 6.04. The molecular formula is C15H17N3O3. The van der Waals surface area contributed by atoms with Crippen molar-refractivity contribution < 1.29 is 14.4 Å². The number of hydrogen-bond donors (Lipinski definition) is 2. The van der Waals surface area contributed by atoms with Gasteiger partial charge < -0.3 is 10.2 Å². The smallest absolute Gasteiger partial charge is 0.322 e. The number of carbonyl (C=O) groups is 3. The summed E-state index contributed by atoms with van der Waals surface area (Å²) in [6.45, 7) is 2.02. The molecule has 2 aliphatic heterocycles. The highest BCUT2D eigenvalue weighted by atomic mass is 16.2.